The lowest BCUT2D eigenvalue weighted by molar-refractivity contribution is -0.139. The van der Waals surface area contributed by atoms with E-state index in [9.17, 15) is 4.79 Å². The maximum absolute atomic E-state index is 11.7. The van der Waals surface area contributed by atoms with Crippen molar-refractivity contribution in [3.8, 4) is 0 Å². The molecule has 7 heteroatoms. The largest absolute Gasteiger partial charge is 0.465 e. The molecule has 5 nitrogen and oxygen atoms in total. The van der Waals surface area contributed by atoms with Crippen LogP contribution < -0.4 is 0 Å². The highest BCUT2D eigenvalue weighted by atomic mass is 32.2. The van der Waals surface area contributed by atoms with E-state index in [2.05, 4.69) is 18.8 Å². The number of hydrogen-bond acceptors (Lipinski definition) is 7. The van der Waals surface area contributed by atoms with Crippen LogP contribution in [0.3, 0.4) is 0 Å². The summed E-state index contributed by atoms with van der Waals surface area (Å²) >= 11 is 3.13. The van der Waals surface area contributed by atoms with Gasteiger partial charge in [0.25, 0.3) is 0 Å². The van der Waals surface area contributed by atoms with E-state index in [0.717, 1.165) is 33.9 Å². The second-order valence-corrected chi connectivity index (χ2v) is 8.35. The summed E-state index contributed by atoms with van der Waals surface area (Å²) in [6.45, 7) is 9.09. The highest BCUT2D eigenvalue weighted by Crippen LogP contribution is 2.41. The lowest BCUT2D eigenvalue weighted by Crippen LogP contribution is -2.31. The zero-order chi connectivity index (χ0) is 17.3. The lowest BCUT2D eigenvalue weighted by atomic mass is 9.95. The van der Waals surface area contributed by atoms with Gasteiger partial charge in [-0.25, -0.2) is 9.97 Å². The van der Waals surface area contributed by atoms with Gasteiger partial charge in [-0.1, -0.05) is 18.7 Å². The Morgan fingerprint density at radius 1 is 1.38 bits per heavy atom. The van der Waals surface area contributed by atoms with Gasteiger partial charge in [0.05, 0.1) is 24.6 Å². The molecule has 24 heavy (non-hydrogen) atoms. The average molecular weight is 367 g/mol. The molecular formula is C17H22N2O3S2. The third-order valence-electron chi connectivity index (χ3n) is 3.89. The van der Waals surface area contributed by atoms with Crippen molar-refractivity contribution in [1.82, 2.24) is 9.97 Å². The Morgan fingerprint density at radius 2 is 2.17 bits per heavy atom. The predicted octanol–water partition coefficient (Wildman–Crippen LogP) is 3.76. The molecule has 0 atom stereocenters. The van der Waals surface area contributed by atoms with E-state index >= 15 is 0 Å². The number of nitrogens with zero attached hydrogens (tertiary/aromatic N) is 2. The predicted molar refractivity (Wildman–Crippen MR) is 96.7 cm³/mol. The second kappa shape index (κ2) is 6.98. The van der Waals surface area contributed by atoms with Crippen molar-refractivity contribution in [3.63, 3.8) is 0 Å². The molecule has 0 amide bonds. The summed E-state index contributed by atoms with van der Waals surface area (Å²) in [5, 5.41) is 1.98. The Balaban J connectivity index is 2.02. The van der Waals surface area contributed by atoms with Gasteiger partial charge in [0.1, 0.15) is 15.7 Å². The van der Waals surface area contributed by atoms with Crippen molar-refractivity contribution in [2.45, 2.75) is 57.8 Å². The Kier molecular flexibility index (Phi) is 5.13. The molecule has 0 bridgehead atoms. The summed E-state index contributed by atoms with van der Waals surface area (Å²) in [7, 11) is 0. The molecule has 130 valence electrons. The topological polar surface area (TPSA) is 61.3 Å². The van der Waals surface area contributed by atoms with Gasteiger partial charge in [0.15, 0.2) is 0 Å². The molecule has 0 spiro atoms. The van der Waals surface area contributed by atoms with Gasteiger partial charge >= 0.3 is 5.97 Å². The molecule has 0 aliphatic carbocycles. The SMILES string of the molecule is CCOC(=O)CSc1nc(CC)nc2sc3c(c12)CC(C)(C)OC3. The third-order valence-corrected chi connectivity index (χ3v) is 5.94. The van der Waals surface area contributed by atoms with Crippen LogP contribution in [0.25, 0.3) is 10.2 Å². The van der Waals surface area contributed by atoms with Crippen molar-refractivity contribution in [3.05, 3.63) is 16.3 Å². The minimum Gasteiger partial charge on any atom is -0.465 e. The average Bonchev–Trinajstić information content (AvgIpc) is 2.89. The molecule has 0 aromatic carbocycles. The highest BCUT2D eigenvalue weighted by molar-refractivity contribution is 8.00. The fourth-order valence-corrected chi connectivity index (χ4v) is 4.80. The maximum atomic E-state index is 11.7. The second-order valence-electron chi connectivity index (χ2n) is 6.30. The van der Waals surface area contributed by atoms with E-state index in [1.165, 1.54) is 22.2 Å². The number of carbonyl (C=O) groups excluding carboxylic acids is 1. The van der Waals surface area contributed by atoms with Crippen LogP contribution in [-0.2, 0) is 33.7 Å². The minimum absolute atomic E-state index is 0.187. The summed E-state index contributed by atoms with van der Waals surface area (Å²) in [6, 6.07) is 0. The first-order valence-corrected chi connectivity index (χ1v) is 9.97. The van der Waals surface area contributed by atoms with Crippen LogP contribution in [0.5, 0.6) is 0 Å². The van der Waals surface area contributed by atoms with Gasteiger partial charge in [-0.2, -0.15) is 0 Å². The number of hydrogen-bond donors (Lipinski definition) is 0. The molecule has 1 aliphatic rings. The molecule has 0 saturated carbocycles. The summed E-state index contributed by atoms with van der Waals surface area (Å²) in [5.74, 6) is 0.876. The van der Waals surface area contributed by atoms with Crippen LogP contribution in [0, 0.1) is 0 Å². The number of rotatable bonds is 5. The van der Waals surface area contributed by atoms with E-state index in [4.69, 9.17) is 14.5 Å². The van der Waals surface area contributed by atoms with Crippen LogP contribution >= 0.6 is 23.1 Å². The lowest BCUT2D eigenvalue weighted by Gasteiger charge is -2.30. The van der Waals surface area contributed by atoms with Crippen molar-refractivity contribution < 1.29 is 14.3 Å². The Labute approximate surface area is 150 Å². The molecule has 0 fully saturated rings. The van der Waals surface area contributed by atoms with Crippen LogP contribution in [0.4, 0.5) is 0 Å². The van der Waals surface area contributed by atoms with Gasteiger partial charge < -0.3 is 9.47 Å². The van der Waals surface area contributed by atoms with Crippen molar-refractivity contribution in [2.24, 2.45) is 0 Å². The number of thiophene rings is 1. The number of aromatic nitrogens is 2. The first kappa shape index (κ1) is 17.6. The number of aryl methyl sites for hydroxylation is 1. The molecule has 0 N–H and O–H groups in total. The number of esters is 1. The molecule has 0 radical (unpaired) electrons. The van der Waals surface area contributed by atoms with Gasteiger partial charge in [-0.3, -0.25) is 4.79 Å². The molecule has 1 aliphatic heterocycles. The Morgan fingerprint density at radius 3 is 2.88 bits per heavy atom. The number of fused-ring (bicyclic) bond motifs is 3. The number of thioether (sulfide) groups is 1. The van der Waals surface area contributed by atoms with E-state index in [1.807, 2.05) is 13.8 Å². The Bertz CT molecular complexity index is 771. The standard InChI is InChI=1S/C17H22N2O3S2/c1-5-12-18-15(23-9-13(20)21-6-2)14-10-7-17(3,4)22-8-11(10)24-16(14)19-12/h5-9H2,1-4H3. The van der Waals surface area contributed by atoms with E-state index < -0.39 is 0 Å². The molecule has 3 heterocycles. The highest BCUT2D eigenvalue weighted by Gasteiger charge is 2.31. The molecular weight excluding hydrogens is 344 g/mol. The van der Waals surface area contributed by atoms with Crippen LogP contribution in [-0.4, -0.2) is 33.9 Å². The van der Waals surface area contributed by atoms with E-state index in [1.54, 1.807) is 11.3 Å². The normalized spacial score (nSPS) is 16.2. The van der Waals surface area contributed by atoms with Crippen molar-refractivity contribution in [1.29, 1.82) is 0 Å². The smallest absolute Gasteiger partial charge is 0.316 e. The maximum Gasteiger partial charge on any atom is 0.316 e. The quantitative estimate of drug-likeness (QED) is 0.456. The fourth-order valence-electron chi connectivity index (χ4n) is 2.75. The fraction of sp³-hybridized carbons (Fsp3) is 0.588. The van der Waals surface area contributed by atoms with Crippen LogP contribution in [0.15, 0.2) is 5.03 Å². The van der Waals surface area contributed by atoms with Crippen molar-refractivity contribution in [2.75, 3.05) is 12.4 Å². The zero-order valence-electron chi connectivity index (χ0n) is 14.5. The summed E-state index contributed by atoms with van der Waals surface area (Å²) in [6.07, 6.45) is 1.61. The molecule has 0 saturated heterocycles. The van der Waals surface area contributed by atoms with Crippen LogP contribution in [0.2, 0.25) is 0 Å². The monoisotopic (exact) mass is 366 g/mol. The third kappa shape index (κ3) is 3.58. The first-order valence-electron chi connectivity index (χ1n) is 8.17. The first-order chi connectivity index (χ1) is 11.4. The van der Waals surface area contributed by atoms with E-state index in [0.29, 0.717) is 13.2 Å². The van der Waals surface area contributed by atoms with E-state index in [-0.39, 0.29) is 17.3 Å². The molecule has 2 aromatic rings. The van der Waals surface area contributed by atoms with Crippen molar-refractivity contribution >= 4 is 39.3 Å². The zero-order valence-corrected chi connectivity index (χ0v) is 16.1. The van der Waals surface area contributed by atoms with Gasteiger partial charge in [0, 0.05) is 23.1 Å². The summed E-state index contributed by atoms with van der Waals surface area (Å²) < 4.78 is 11.0. The minimum atomic E-state index is -0.208. The van der Waals surface area contributed by atoms with Gasteiger partial charge in [0.2, 0.25) is 0 Å². The molecule has 0 unspecified atom stereocenters. The van der Waals surface area contributed by atoms with Gasteiger partial charge in [-0.15, -0.1) is 11.3 Å². The number of ether oxygens (including phenoxy) is 2. The summed E-state index contributed by atoms with van der Waals surface area (Å²) in [4.78, 5) is 23.3. The molecule has 3 rings (SSSR count). The van der Waals surface area contributed by atoms with Gasteiger partial charge in [-0.05, 0) is 26.3 Å². The summed E-state index contributed by atoms with van der Waals surface area (Å²) in [5.41, 5.74) is 1.09. The number of carbonyl (C=O) groups is 1. The van der Waals surface area contributed by atoms with Crippen LogP contribution in [0.1, 0.15) is 44.0 Å². The Hall–Kier alpha value is -1.18. The molecule has 2 aromatic heterocycles.